The quantitative estimate of drug-likeness (QED) is 0.130. The van der Waals surface area contributed by atoms with Crippen LogP contribution in [0, 0.1) is 0 Å². The molecule has 1 fully saturated rings. The van der Waals surface area contributed by atoms with E-state index in [1.54, 1.807) is 0 Å². The van der Waals surface area contributed by atoms with Crippen LogP contribution >= 0.6 is 46.9 Å². The van der Waals surface area contributed by atoms with Crippen molar-refractivity contribution in [2.45, 2.75) is 36.6 Å². The van der Waals surface area contributed by atoms with E-state index < -0.39 is 83.6 Å². The summed E-state index contributed by atoms with van der Waals surface area (Å²) >= 11 is 0. The molecule has 1 rings (SSSR count). The maximum absolute atomic E-state index is 11.1. The van der Waals surface area contributed by atoms with Gasteiger partial charge in [-0.15, -0.1) is 0 Å². The van der Waals surface area contributed by atoms with Crippen molar-refractivity contribution in [2.24, 2.45) is 0 Å². The molecule has 1 saturated carbocycles. The summed E-state index contributed by atoms with van der Waals surface area (Å²) < 4.78 is 88.3. The molecular weight excluding hydrogens is 882 g/mol. The van der Waals surface area contributed by atoms with Gasteiger partial charge in [-0.2, -0.15) is 0 Å². The third-order valence-electron chi connectivity index (χ3n) is 3.45. The van der Waals surface area contributed by atoms with Gasteiger partial charge in [0.1, 0.15) is 36.6 Å². The Morgan fingerprint density at radius 1 is 0.262 bits per heavy atom. The van der Waals surface area contributed by atoms with Crippen molar-refractivity contribution in [2.75, 3.05) is 0 Å². The summed E-state index contributed by atoms with van der Waals surface area (Å²) in [6.45, 7) is 0. The smallest absolute Gasteiger partial charge is 0.790 e. The van der Waals surface area contributed by atoms with Crippen molar-refractivity contribution < 1.29 is 113 Å². The van der Waals surface area contributed by atoms with Gasteiger partial charge < -0.3 is 113 Å². The van der Waals surface area contributed by atoms with E-state index in [-0.39, 0.29) is 226 Å². The molecule has 24 nitrogen and oxygen atoms in total. The normalized spacial score (nSPS) is 25.1. The Kier molecular flexibility index (Phi) is 36.4. The molecule has 0 aromatic carbocycles. The monoisotopic (exact) mass is 888 g/mol. The Labute approximate surface area is 414 Å². The molecule has 0 atom stereocenters. The van der Waals surface area contributed by atoms with Crippen molar-refractivity contribution in [3.05, 3.63) is 0 Å². The zero-order chi connectivity index (χ0) is 28.7. The Hall–Kier alpha value is 8.22. The zero-order valence-electron chi connectivity index (χ0n) is 20.2. The molecule has 0 amide bonds. The molecule has 36 heteroatoms. The van der Waals surface area contributed by atoms with Crippen LogP contribution in [-0.2, 0) is 54.5 Å². The predicted molar refractivity (Wildman–Crippen MR) is 109 cm³/mol. The third kappa shape index (κ3) is 27.8. The van der Waals surface area contributed by atoms with Gasteiger partial charge in [-0.1, -0.05) is 0 Å². The van der Waals surface area contributed by atoms with Crippen LogP contribution in [0.1, 0.15) is 0 Å². The van der Waals surface area contributed by atoms with Crippen LogP contribution in [0.3, 0.4) is 0 Å². The van der Waals surface area contributed by atoms with Gasteiger partial charge in [0, 0.05) is 0 Å². The SMILES string of the molecule is O=P([O-])([O-])OC1C(OP(=O)([O-])[O-])C(OP(=O)([O-])[O-])C(OP(=O)([O-])[O-])C(OP(=O)([O-])[O-])C1OP(=O)([O-])[O-].[Ca+2].[Ca+2].[Ca+2].[Ca+2].[Ca+2].[Ca+2]. The van der Waals surface area contributed by atoms with Gasteiger partial charge in [-0.25, -0.2) is 0 Å². The standard InChI is InChI=1S/C6H18O24P6.6Ca/c7-31(8,9)25-1-2(26-32(10,11)12)4(28-34(16,17)18)6(30-36(22,23)24)5(29-35(19,20)21)3(1)27-33(13,14)15;;;;;;/h1-6H,(H2,7,8,9)(H2,10,11,12)(H2,13,14,15)(H2,16,17,18)(H2,19,20,21)(H2,22,23,24);;;;;;/q;6*+2/p-12. The minimum atomic E-state index is -6.68. The molecule has 0 radical (unpaired) electrons. The van der Waals surface area contributed by atoms with Gasteiger partial charge >= 0.3 is 226 Å². The molecule has 42 heavy (non-hydrogen) atoms. The second-order valence-corrected chi connectivity index (χ2v) is 12.7. The first-order valence-electron chi connectivity index (χ1n) is 7.80. The van der Waals surface area contributed by atoms with E-state index in [1.807, 2.05) is 0 Å². The molecular formula is C6H6Ca6O24P6. The summed E-state index contributed by atoms with van der Waals surface area (Å²) in [7, 11) is -40.1. The molecule has 0 N–H and O–H groups in total. The molecule has 0 aromatic rings. The van der Waals surface area contributed by atoms with E-state index in [1.165, 1.54) is 0 Å². The first-order chi connectivity index (χ1) is 15.6. The fourth-order valence-electron chi connectivity index (χ4n) is 2.74. The topological polar surface area (TPSA) is 435 Å². The van der Waals surface area contributed by atoms with Crippen molar-refractivity contribution >= 4 is 273 Å². The molecule has 0 bridgehead atoms. The number of phosphoric acid groups is 6. The molecule has 0 saturated heterocycles. The maximum Gasteiger partial charge on any atom is 2.00 e. The van der Waals surface area contributed by atoms with Crippen LogP contribution in [-0.4, -0.2) is 263 Å². The fraction of sp³-hybridized carbons (Fsp3) is 1.00. The van der Waals surface area contributed by atoms with Crippen LogP contribution in [0.4, 0.5) is 0 Å². The minimum Gasteiger partial charge on any atom is -0.790 e. The van der Waals surface area contributed by atoms with Gasteiger partial charge in [0.2, 0.25) is 0 Å². The van der Waals surface area contributed by atoms with Crippen molar-refractivity contribution in [3.63, 3.8) is 0 Å². The second-order valence-electron chi connectivity index (χ2n) is 6.10. The van der Waals surface area contributed by atoms with Crippen LogP contribution < -0.4 is 58.7 Å². The van der Waals surface area contributed by atoms with Crippen molar-refractivity contribution in [1.82, 2.24) is 0 Å². The first kappa shape index (κ1) is 62.2. The summed E-state index contributed by atoms with van der Waals surface area (Å²) in [6, 6.07) is 0. The maximum atomic E-state index is 11.1. The van der Waals surface area contributed by atoms with Gasteiger partial charge in [-0.3, -0.25) is 0 Å². The molecule has 0 aromatic heterocycles. The summed E-state index contributed by atoms with van der Waals surface area (Å²) in [5.74, 6) is 0. The number of phosphoric ester groups is 6. The molecule has 216 valence electrons. The summed E-state index contributed by atoms with van der Waals surface area (Å²) in [5, 5.41) is 0. The Morgan fingerprint density at radius 3 is 0.381 bits per heavy atom. The van der Waals surface area contributed by atoms with Gasteiger partial charge in [0.05, 0.1) is 46.9 Å². The van der Waals surface area contributed by atoms with Crippen molar-refractivity contribution in [1.29, 1.82) is 0 Å². The van der Waals surface area contributed by atoms with Crippen LogP contribution in [0.25, 0.3) is 0 Å². The largest absolute Gasteiger partial charge is 2.00 e. The zero-order valence-corrected chi connectivity index (χ0v) is 38.8. The van der Waals surface area contributed by atoms with Gasteiger partial charge in [-0.05, 0) is 0 Å². The third-order valence-corrected chi connectivity index (χ3v) is 6.46. The Morgan fingerprint density at radius 2 is 0.333 bits per heavy atom. The van der Waals surface area contributed by atoms with Crippen LogP contribution in [0.2, 0.25) is 0 Å². The van der Waals surface area contributed by atoms with E-state index in [0.29, 0.717) is 0 Å². The Balaban J connectivity index is -0.000000540. The molecule has 1 aliphatic rings. The summed E-state index contributed by atoms with van der Waals surface area (Å²) in [6.07, 6.45) is -21.5. The molecule has 0 spiro atoms. The average molecular weight is 888 g/mol. The van der Waals surface area contributed by atoms with E-state index in [2.05, 4.69) is 27.1 Å². The summed E-state index contributed by atoms with van der Waals surface area (Å²) in [5.41, 5.74) is 0. The minimum absolute atomic E-state index is 0. The van der Waals surface area contributed by atoms with E-state index in [4.69, 9.17) is 0 Å². The number of hydrogen-bond acceptors (Lipinski definition) is 24. The second kappa shape index (κ2) is 24.6. The number of hydrogen-bond donors (Lipinski definition) is 0. The van der Waals surface area contributed by atoms with E-state index in [9.17, 15) is 86.1 Å². The van der Waals surface area contributed by atoms with Crippen LogP contribution in [0.15, 0.2) is 0 Å². The average Bonchev–Trinajstić information content (AvgIpc) is 2.51. The molecule has 1 aliphatic carbocycles. The molecule has 0 heterocycles. The first-order valence-corrected chi connectivity index (χ1v) is 16.6. The van der Waals surface area contributed by atoms with Crippen molar-refractivity contribution in [3.8, 4) is 0 Å². The molecule has 0 unspecified atom stereocenters. The number of rotatable bonds is 12. The van der Waals surface area contributed by atoms with Gasteiger partial charge in [0.25, 0.3) is 0 Å². The molecule has 0 aliphatic heterocycles. The fourth-order valence-corrected chi connectivity index (χ4v) is 5.96. The van der Waals surface area contributed by atoms with E-state index in [0.717, 1.165) is 0 Å². The Bertz CT molecular complexity index is 843. The summed E-state index contributed by atoms with van der Waals surface area (Å²) in [4.78, 5) is 133. The van der Waals surface area contributed by atoms with Crippen LogP contribution in [0.5, 0.6) is 0 Å². The predicted octanol–water partition coefficient (Wildman–Crippen LogP) is -13.0. The van der Waals surface area contributed by atoms with E-state index >= 15 is 0 Å². The van der Waals surface area contributed by atoms with Gasteiger partial charge in [0.15, 0.2) is 0 Å².